The maximum absolute atomic E-state index is 3.54. The molecule has 140 valence electrons. The quantitative estimate of drug-likeness (QED) is 0.130. The number of quaternary nitrogens is 1. The molecule has 1 nitrogen and oxygen atoms in total. The van der Waals surface area contributed by atoms with Gasteiger partial charge in [-0.1, -0.05) is 99.9 Å². The Bertz CT molecular complexity index is 228. The molecule has 0 aliphatic carbocycles. The highest BCUT2D eigenvalue weighted by molar-refractivity contribution is 9.09. The van der Waals surface area contributed by atoms with Gasteiger partial charge in [-0.05, 0) is 12.8 Å². The molecule has 0 saturated heterocycles. The molecule has 0 aromatic carbocycles. The minimum Gasteiger partial charge on any atom is -0.328 e. The molecule has 0 atom stereocenters. The van der Waals surface area contributed by atoms with Crippen LogP contribution >= 0.6 is 15.9 Å². The number of hydrogen-bond donors (Lipinski definition) is 0. The van der Waals surface area contributed by atoms with Crippen molar-refractivity contribution in [3.63, 3.8) is 0 Å². The minimum absolute atomic E-state index is 1.15. The van der Waals surface area contributed by atoms with Crippen LogP contribution in [-0.4, -0.2) is 37.0 Å². The van der Waals surface area contributed by atoms with Gasteiger partial charge in [-0.3, -0.25) is 0 Å². The van der Waals surface area contributed by atoms with Gasteiger partial charge in [0.15, 0.2) is 0 Å². The highest BCUT2D eigenvalue weighted by atomic mass is 79.9. The van der Waals surface area contributed by atoms with Crippen LogP contribution in [0.4, 0.5) is 0 Å². The molecule has 0 heterocycles. The molecule has 0 aliphatic rings. The van der Waals surface area contributed by atoms with Crippen molar-refractivity contribution in [3.8, 4) is 0 Å². The van der Waals surface area contributed by atoms with E-state index in [-0.39, 0.29) is 0 Å². The summed E-state index contributed by atoms with van der Waals surface area (Å²) >= 11 is 3.54. The average molecular weight is 392 g/mol. The molecule has 0 bridgehead atoms. The molecule has 2 heteroatoms. The second kappa shape index (κ2) is 17.3. The highest BCUT2D eigenvalue weighted by Gasteiger charge is 2.12. The molecule has 0 aromatic heterocycles. The van der Waals surface area contributed by atoms with E-state index in [2.05, 4.69) is 36.9 Å². The van der Waals surface area contributed by atoms with E-state index in [1.165, 1.54) is 114 Å². The number of halogens is 1. The van der Waals surface area contributed by atoms with Crippen molar-refractivity contribution in [2.45, 2.75) is 103 Å². The molecule has 23 heavy (non-hydrogen) atoms. The first kappa shape index (κ1) is 23.4. The first-order valence-electron chi connectivity index (χ1n) is 10.5. The maximum Gasteiger partial charge on any atom is 0.0790 e. The van der Waals surface area contributed by atoms with Crippen molar-refractivity contribution in [1.29, 1.82) is 0 Å². The summed E-state index contributed by atoms with van der Waals surface area (Å²) in [6.07, 6.45) is 21.6. The van der Waals surface area contributed by atoms with E-state index in [1.54, 1.807) is 0 Å². The summed E-state index contributed by atoms with van der Waals surface area (Å²) in [6, 6.07) is 0. The minimum atomic E-state index is 1.15. The van der Waals surface area contributed by atoms with Gasteiger partial charge in [-0.15, -0.1) is 0 Å². The molecule has 0 amide bonds. The third-order valence-corrected chi connectivity index (χ3v) is 5.57. The van der Waals surface area contributed by atoms with Crippen molar-refractivity contribution in [2.24, 2.45) is 0 Å². The molecule has 0 aliphatic heterocycles. The maximum atomic E-state index is 3.54. The van der Waals surface area contributed by atoms with Crippen LogP contribution in [0.25, 0.3) is 0 Å². The number of unbranched alkanes of at least 4 members (excludes halogenated alkanes) is 13. The molecule has 0 unspecified atom stereocenters. The van der Waals surface area contributed by atoms with Gasteiger partial charge in [0.05, 0.1) is 27.2 Å². The Hall–Kier alpha value is 0.440. The fourth-order valence-electron chi connectivity index (χ4n) is 3.33. The van der Waals surface area contributed by atoms with E-state index in [0.29, 0.717) is 0 Å². The van der Waals surface area contributed by atoms with Crippen LogP contribution < -0.4 is 0 Å². The van der Waals surface area contributed by atoms with Crippen molar-refractivity contribution >= 4 is 15.9 Å². The fraction of sp³-hybridized carbons (Fsp3) is 1.00. The van der Waals surface area contributed by atoms with Crippen LogP contribution in [0.1, 0.15) is 103 Å². The monoisotopic (exact) mass is 390 g/mol. The molecule has 0 saturated carbocycles. The lowest BCUT2D eigenvalue weighted by atomic mass is 10.0. The van der Waals surface area contributed by atoms with Gasteiger partial charge in [0.25, 0.3) is 0 Å². The zero-order valence-corrected chi connectivity index (χ0v) is 18.1. The summed E-state index contributed by atoms with van der Waals surface area (Å²) in [4.78, 5) is 0. The van der Waals surface area contributed by atoms with Crippen LogP contribution in [0.15, 0.2) is 0 Å². The Morgan fingerprint density at radius 2 is 0.870 bits per heavy atom. The third-order valence-electron chi connectivity index (χ3n) is 5.01. The van der Waals surface area contributed by atoms with E-state index in [0.717, 1.165) is 5.33 Å². The van der Waals surface area contributed by atoms with Gasteiger partial charge in [-0.2, -0.15) is 0 Å². The summed E-state index contributed by atoms with van der Waals surface area (Å²) in [6.45, 7) is 4.96. The zero-order valence-electron chi connectivity index (χ0n) is 16.6. The first-order chi connectivity index (χ1) is 11.1. The van der Waals surface area contributed by atoms with Crippen LogP contribution in [0.5, 0.6) is 0 Å². The van der Waals surface area contributed by atoms with Crippen molar-refractivity contribution < 1.29 is 4.48 Å². The second-order valence-electron chi connectivity index (χ2n) is 8.02. The largest absolute Gasteiger partial charge is 0.328 e. The Balaban J connectivity index is 3.16. The number of rotatable bonds is 18. The van der Waals surface area contributed by atoms with Gasteiger partial charge < -0.3 is 4.48 Å². The van der Waals surface area contributed by atoms with Gasteiger partial charge in [0.2, 0.25) is 0 Å². The first-order valence-corrected chi connectivity index (χ1v) is 11.6. The highest BCUT2D eigenvalue weighted by Crippen LogP contribution is 2.13. The second-order valence-corrected chi connectivity index (χ2v) is 8.81. The van der Waals surface area contributed by atoms with E-state index >= 15 is 0 Å². The number of alkyl halides is 1. The fourth-order valence-corrected chi connectivity index (χ4v) is 3.58. The lowest BCUT2D eigenvalue weighted by Gasteiger charge is -2.29. The summed E-state index contributed by atoms with van der Waals surface area (Å²) in [5.74, 6) is 0. The number of hydrogen-bond acceptors (Lipinski definition) is 0. The van der Waals surface area contributed by atoms with Crippen LogP contribution in [0, 0.1) is 0 Å². The molecule has 0 spiro atoms. The van der Waals surface area contributed by atoms with Gasteiger partial charge in [-0.25, -0.2) is 0 Å². The Morgan fingerprint density at radius 1 is 0.522 bits per heavy atom. The summed E-state index contributed by atoms with van der Waals surface area (Å²) in [7, 11) is 4.76. The standard InChI is InChI=1S/C21H45BrN/c1-4-5-6-7-8-9-10-11-12-13-14-15-16-17-20-23(2,3)21-18-19-22/h4-21H2,1-3H3/q+1. The van der Waals surface area contributed by atoms with Crippen LogP contribution in [0.3, 0.4) is 0 Å². The summed E-state index contributed by atoms with van der Waals surface area (Å²) in [5, 5.41) is 1.15. The van der Waals surface area contributed by atoms with Crippen LogP contribution in [-0.2, 0) is 0 Å². The SMILES string of the molecule is CCCCCCCCCCCCCCCC[N+](C)(C)CCCBr. The van der Waals surface area contributed by atoms with E-state index < -0.39 is 0 Å². The Morgan fingerprint density at radius 3 is 1.26 bits per heavy atom. The molecule has 0 N–H and O–H groups in total. The smallest absolute Gasteiger partial charge is 0.0790 e. The summed E-state index contributed by atoms with van der Waals surface area (Å²) < 4.78 is 1.20. The normalized spacial score (nSPS) is 12.0. The van der Waals surface area contributed by atoms with Crippen molar-refractivity contribution in [1.82, 2.24) is 0 Å². The third kappa shape index (κ3) is 18.6. The molecular weight excluding hydrogens is 346 g/mol. The lowest BCUT2D eigenvalue weighted by molar-refractivity contribution is -0.890. The lowest BCUT2D eigenvalue weighted by Crippen LogP contribution is -2.41. The average Bonchev–Trinajstić information content (AvgIpc) is 2.53. The molecule has 0 fully saturated rings. The summed E-state index contributed by atoms with van der Waals surface area (Å²) in [5.41, 5.74) is 0. The molecule has 0 radical (unpaired) electrons. The van der Waals surface area contributed by atoms with Gasteiger partial charge >= 0.3 is 0 Å². The predicted octanol–water partition coefficient (Wildman–Crippen LogP) is 7.33. The topological polar surface area (TPSA) is 0 Å². The molecule has 0 rings (SSSR count). The Labute approximate surface area is 156 Å². The number of nitrogens with zero attached hydrogens (tertiary/aromatic N) is 1. The van der Waals surface area contributed by atoms with Gasteiger partial charge in [0.1, 0.15) is 0 Å². The van der Waals surface area contributed by atoms with Crippen molar-refractivity contribution in [2.75, 3.05) is 32.5 Å². The van der Waals surface area contributed by atoms with E-state index in [9.17, 15) is 0 Å². The van der Waals surface area contributed by atoms with Gasteiger partial charge in [0, 0.05) is 11.8 Å². The van der Waals surface area contributed by atoms with E-state index in [1.807, 2.05) is 0 Å². The molecule has 0 aromatic rings. The predicted molar refractivity (Wildman–Crippen MR) is 111 cm³/mol. The van der Waals surface area contributed by atoms with Crippen LogP contribution in [0.2, 0.25) is 0 Å². The van der Waals surface area contributed by atoms with Crippen molar-refractivity contribution in [3.05, 3.63) is 0 Å². The molecular formula is C21H45BrN+. The van der Waals surface area contributed by atoms with E-state index in [4.69, 9.17) is 0 Å². The Kier molecular flexibility index (Phi) is 17.6. The zero-order chi connectivity index (χ0) is 17.2.